The summed E-state index contributed by atoms with van der Waals surface area (Å²) in [4.78, 5) is 11.7. The second-order valence-corrected chi connectivity index (χ2v) is 4.15. The summed E-state index contributed by atoms with van der Waals surface area (Å²) in [5, 5.41) is 0. The lowest BCUT2D eigenvalue weighted by Gasteiger charge is -2.17. The fraction of sp³-hybridized carbons (Fsp3) is 0.533. The Bertz CT molecular complexity index is 374. The van der Waals surface area contributed by atoms with Crippen LogP contribution < -0.4 is 4.74 Å². The Hall–Kier alpha value is -1.51. The highest BCUT2D eigenvalue weighted by atomic mass is 16.6. The van der Waals surface area contributed by atoms with Crippen molar-refractivity contribution in [3.63, 3.8) is 0 Å². The summed E-state index contributed by atoms with van der Waals surface area (Å²) in [7, 11) is 0. The minimum absolute atomic E-state index is 0.277. The van der Waals surface area contributed by atoms with Crippen molar-refractivity contribution in [3.05, 3.63) is 29.8 Å². The molecule has 100 valence electrons. The van der Waals surface area contributed by atoms with Crippen molar-refractivity contribution >= 4 is 5.97 Å². The van der Waals surface area contributed by atoms with Crippen molar-refractivity contribution in [1.82, 2.24) is 0 Å². The minimum Gasteiger partial charge on any atom is -0.479 e. The van der Waals surface area contributed by atoms with Crippen LogP contribution in [0.15, 0.2) is 24.3 Å². The molecule has 0 aliphatic rings. The number of carbonyl (C=O) groups excluding carboxylic acids is 1. The molecule has 0 amide bonds. The molecule has 0 radical (unpaired) electrons. The number of carbonyl (C=O) groups is 1. The SMILES string of the molecule is CCCC(Oc1cccc(CC)c1)C(=O)OCC. The summed E-state index contributed by atoms with van der Waals surface area (Å²) in [5.74, 6) is 0.460. The van der Waals surface area contributed by atoms with Crippen molar-refractivity contribution < 1.29 is 14.3 Å². The van der Waals surface area contributed by atoms with Gasteiger partial charge in [-0.3, -0.25) is 0 Å². The van der Waals surface area contributed by atoms with Gasteiger partial charge in [0.1, 0.15) is 5.75 Å². The molecule has 0 aliphatic carbocycles. The van der Waals surface area contributed by atoms with Crippen LogP contribution in [0.25, 0.3) is 0 Å². The first kappa shape index (κ1) is 14.6. The molecule has 18 heavy (non-hydrogen) atoms. The van der Waals surface area contributed by atoms with Crippen LogP contribution in [0.4, 0.5) is 0 Å². The number of esters is 1. The number of aryl methyl sites for hydroxylation is 1. The molecule has 0 aliphatic heterocycles. The molecule has 0 bridgehead atoms. The van der Waals surface area contributed by atoms with Gasteiger partial charge in [0.25, 0.3) is 0 Å². The highest BCUT2D eigenvalue weighted by Gasteiger charge is 2.20. The van der Waals surface area contributed by atoms with Gasteiger partial charge in [0, 0.05) is 0 Å². The van der Waals surface area contributed by atoms with E-state index in [2.05, 4.69) is 6.92 Å². The summed E-state index contributed by atoms with van der Waals surface area (Å²) < 4.78 is 10.8. The summed E-state index contributed by atoms with van der Waals surface area (Å²) in [6, 6.07) is 7.84. The third-order valence-electron chi connectivity index (χ3n) is 2.69. The molecule has 3 nitrogen and oxygen atoms in total. The van der Waals surface area contributed by atoms with E-state index in [4.69, 9.17) is 9.47 Å². The predicted molar refractivity (Wildman–Crippen MR) is 71.8 cm³/mol. The van der Waals surface area contributed by atoms with Crippen LogP contribution in [0.1, 0.15) is 39.2 Å². The smallest absolute Gasteiger partial charge is 0.347 e. The lowest BCUT2D eigenvalue weighted by atomic mass is 10.1. The van der Waals surface area contributed by atoms with Gasteiger partial charge in [-0.15, -0.1) is 0 Å². The standard InChI is InChI=1S/C15H22O3/c1-4-8-14(15(16)17-6-3)18-13-10-7-9-12(5-2)11-13/h7,9-11,14H,4-6,8H2,1-3H3. The van der Waals surface area contributed by atoms with Crippen LogP contribution in [0.5, 0.6) is 5.75 Å². The molecule has 1 aromatic carbocycles. The zero-order chi connectivity index (χ0) is 13.4. The van der Waals surface area contributed by atoms with Crippen molar-refractivity contribution in [2.24, 2.45) is 0 Å². The lowest BCUT2D eigenvalue weighted by molar-refractivity contribution is -0.151. The van der Waals surface area contributed by atoms with Gasteiger partial charge in [-0.25, -0.2) is 4.79 Å². The molecular formula is C15H22O3. The highest BCUT2D eigenvalue weighted by molar-refractivity contribution is 5.75. The summed E-state index contributed by atoms with van der Waals surface area (Å²) in [6.07, 6.45) is 2.02. The van der Waals surface area contributed by atoms with E-state index >= 15 is 0 Å². The van der Waals surface area contributed by atoms with Crippen LogP contribution in [-0.2, 0) is 16.0 Å². The van der Waals surface area contributed by atoms with Gasteiger partial charge in [-0.1, -0.05) is 32.4 Å². The molecule has 0 N–H and O–H groups in total. The predicted octanol–water partition coefficient (Wildman–Crippen LogP) is 3.36. The average molecular weight is 250 g/mol. The van der Waals surface area contributed by atoms with Crippen LogP contribution in [0, 0.1) is 0 Å². The Labute approximate surface area is 109 Å². The Kier molecular flexibility index (Phi) is 6.26. The molecule has 1 aromatic rings. The number of hydrogen-bond donors (Lipinski definition) is 0. The molecule has 1 rings (SSSR count). The van der Waals surface area contributed by atoms with Gasteiger partial charge in [0.15, 0.2) is 6.10 Å². The van der Waals surface area contributed by atoms with Crippen LogP contribution >= 0.6 is 0 Å². The quantitative estimate of drug-likeness (QED) is 0.696. The first-order valence-corrected chi connectivity index (χ1v) is 6.63. The number of rotatable bonds is 7. The first-order chi connectivity index (χ1) is 8.71. The fourth-order valence-corrected chi connectivity index (χ4v) is 1.73. The van der Waals surface area contributed by atoms with Gasteiger partial charge >= 0.3 is 5.97 Å². The molecule has 3 heteroatoms. The van der Waals surface area contributed by atoms with Crippen molar-refractivity contribution in [2.45, 2.75) is 46.1 Å². The maximum Gasteiger partial charge on any atom is 0.347 e. The molecule has 0 saturated carbocycles. The second kappa shape index (κ2) is 7.75. The number of benzene rings is 1. The normalized spacial score (nSPS) is 11.9. The summed E-state index contributed by atoms with van der Waals surface area (Å²) in [6.45, 7) is 6.31. The zero-order valence-electron chi connectivity index (χ0n) is 11.4. The Morgan fingerprint density at radius 2 is 2.06 bits per heavy atom. The third kappa shape index (κ3) is 4.40. The molecule has 1 unspecified atom stereocenters. The highest BCUT2D eigenvalue weighted by Crippen LogP contribution is 2.17. The number of hydrogen-bond acceptors (Lipinski definition) is 3. The van der Waals surface area contributed by atoms with E-state index in [1.165, 1.54) is 5.56 Å². The van der Waals surface area contributed by atoms with Gasteiger partial charge < -0.3 is 9.47 Å². The Morgan fingerprint density at radius 1 is 1.28 bits per heavy atom. The Balaban J connectivity index is 2.72. The maximum atomic E-state index is 11.7. The van der Waals surface area contributed by atoms with Crippen molar-refractivity contribution in [1.29, 1.82) is 0 Å². The molecular weight excluding hydrogens is 228 g/mol. The molecule has 1 atom stereocenters. The van der Waals surface area contributed by atoms with Crippen LogP contribution in [-0.4, -0.2) is 18.7 Å². The molecule has 0 heterocycles. The third-order valence-corrected chi connectivity index (χ3v) is 2.69. The molecule has 0 spiro atoms. The van der Waals surface area contributed by atoms with Crippen LogP contribution in [0.3, 0.4) is 0 Å². The Morgan fingerprint density at radius 3 is 2.67 bits per heavy atom. The monoisotopic (exact) mass is 250 g/mol. The second-order valence-electron chi connectivity index (χ2n) is 4.15. The van der Waals surface area contributed by atoms with E-state index in [9.17, 15) is 4.79 Å². The summed E-state index contributed by atoms with van der Waals surface area (Å²) in [5.41, 5.74) is 1.20. The molecule has 0 fully saturated rings. The van der Waals surface area contributed by atoms with E-state index < -0.39 is 6.10 Å². The van der Waals surface area contributed by atoms with E-state index in [0.717, 1.165) is 18.6 Å². The van der Waals surface area contributed by atoms with Crippen molar-refractivity contribution in [3.8, 4) is 5.75 Å². The summed E-state index contributed by atoms with van der Waals surface area (Å²) >= 11 is 0. The van der Waals surface area contributed by atoms with Crippen LogP contribution in [0.2, 0.25) is 0 Å². The molecule has 0 aromatic heterocycles. The van der Waals surface area contributed by atoms with Gasteiger partial charge in [0.05, 0.1) is 6.61 Å². The van der Waals surface area contributed by atoms with Gasteiger partial charge in [-0.2, -0.15) is 0 Å². The number of ether oxygens (including phenoxy) is 2. The zero-order valence-corrected chi connectivity index (χ0v) is 11.4. The fourth-order valence-electron chi connectivity index (χ4n) is 1.73. The van der Waals surface area contributed by atoms with E-state index in [1.54, 1.807) is 6.92 Å². The molecule has 0 saturated heterocycles. The largest absolute Gasteiger partial charge is 0.479 e. The van der Waals surface area contributed by atoms with Crippen molar-refractivity contribution in [2.75, 3.05) is 6.61 Å². The van der Waals surface area contributed by atoms with E-state index in [-0.39, 0.29) is 5.97 Å². The first-order valence-electron chi connectivity index (χ1n) is 6.63. The van der Waals surface area contributed by atoms with Gasteiger partial charge in [0.2, 0.25) is 0 Å². The average Bonchev–Trinajstić information content (AvgIpc) is 2.39. The maximum absolute atomic E-state index is 11.7. The van der Waals surface area contributed by atoms with Gasteiger partial charge in [-0.05, 0) is 37.5 Å². The topological polar surface area (TPSA) is 35.5 Å². The van der Waals surface area contributed by atoms with E-state index in [0.29, 0.717) is 13.0 Å². The minimum atomic E-state index is -0.498. The van der Waals surface area contributed by atoms with E-state index in [1.807, 2.05) is 31.2 Å². The lowest BCUT2D eigenvalue weighted by Crippen LogP contribution is -2.29.